The van der Waals surface area contributed by atoms with E-state index in [-0.39, 0.29) is 18.0 Å². The van der Waals surface area contributed by atoms with E-state index in [1.165, 1.54) is 11.7 Å². The number of rotatable bonds is 5. The summed E-state index contributed by atoms with van der Waals surface area (Å²) in [6, 6.07) is 8.54. The Bertz CT molecular complexity index is 737. The van der Waals surface area contributed by atoms with E-state index in [1.54, 1.807) is 50.6 Å². The summed E-state index contributed by atoms with van der Waals surface area (Å²) in [5.74, 6) is 0.800. The van der Waals surface area contributed by atoms with Crippen molar-refractivity contribution in [3.8, 4) is 11.5 Å². The first kappa shape index (κ1) is 15.6. The van der Waals surface area contributed by atoms with Gasteiger partial charge in [0, 0.05) is 17.8 Å². The van der Waals surface area contributed by atoms with Gasteiger partial charge in [-0.1, -0.05) is 6.07 Å². The summed E-state index contributed by atoms with van der Waals surface area (Å²) in [5.41, 5.74) is 0.900. The summed E-state index contributed by atoms with van der Waals surface area (Å²) in [5, 5.41) is 2.73. The number of methoxy groups -OCH3 is 2. The molecule has 0 aliphatic rings. The second-order valence-corrected chi connectivity index (χ2v) is 4.74. The first-order valence-corrected chi connectivity index (χ1v) is 6.73. The molecule has 2 aromatic rings. The Morgan fingerprint density at radius 1 is 1.23 bits per heavy atom. The van der Waals surface area contributed by atoms with Gasteiger partial charge in [-0.05, 0) is 25.1 Å². The van der Waals surface area contributed by atoms with Gasteiger partial charge in [-0.15, -0.1) is 0 Å². The molecule has 0 radical (unpaired) electrons. The highest BCUT2D eigenvalue weighted by Crippen LogP contribution is 2.28. The monoisotopic (exact) mass is 302 g/mol. The van der Waals surface area contributed by atoms with Crippen LogP contribution in [0, 0.1) is 6.92 Å². The van der Waals surface area contributed by atoms with Gasteiger partial charge in [0.2, 0.25) is 5.91 Å². The lowest BCUT2D eigenvalue weighted by atomic mass is 10.2. The number of aryl methyl sites for hydroxylation is 1. The molecule has 0 atom stereocenters. The number of amides is 1. The number of nitrogens with one attached hydrogen (secondary N) is 1. The molecule has 0 saturated carbocycles. The molecule has 22 heavy (non-hydrogen) atoms. The maximum atomic E-state index is 12.1. The van der Waals surface area contributed by atoms with E-state index in [4.69, 9.17) is 9.47 Å². The highest BCUT2D eigenvalue weighted by Gasteiger charge is 2.10. The van der Waals surface area contributed by atoms with Crippen LogP contribution in [0.25, 0.3) is 0 Å². The molecule has 0 fully saturated rings. The summed E-state index contributed by atoms with van der Waals surface area (Å²) in [4.78, 5) is 24.1. The molecule has 6 heteroatoms. The van der Waals surface area contributed by atoms with Gasteiger partial charge in [-0.25, -0.2) is 0 Å². The molecule has 6 nitrogen and oxygen atoms in total. The first-order chi connectivity index (χ1) is 10.5. The number of benzene rings is 1. The lowest BCUT2D eigenvalue weighted by molar-refractivity contribution is -0.116. The van der Waals surface area contributed by atoms with Crippen molar-refractivity contribution >= 4 is 11.6 Å². The van der Waals surface area contributed by atoms with Crippen molar-refractivity contribution in [2.45, 2.75) is 13.5 Å². The maximum absolute atomic E-state index is 12.1. The van der Waals surface area contributed by atoms with Crippen LogP contribution in [0.4, 0.5) is 5.69 Å². The Hall–Kier alpha value is -2.76. The number of nitrogens with zero attached hydrogens (tertiary/aromatic N) is 1. The molecule has 1 heterocycles. The molecule has 1 aromatic heterocycles. The zero-order valence-electron chi connectivity index (χ0n) is 12.8. The zero-order chi connectivity index (χ0) is 16.1. The molecular weight excluding hydrogens is 284 g/mol. The van der Waals surface area contributed by atoms with Gasteiger partial charge in [0.05, 0.1) is 19.9 Å². The second-order valence-electron chi connectivity index (χ2n) is 4.74. The van der Waals surface area contributed by atoms with E-state index in [9.17, 15) is 9.59 Å². The summed E-state index contributed by atoms with van der Waals surface area (Å²) >= 11 is 0. The molecular formula is C16H18N2O4. The fourth-order valence-electron chi connectivity index (χ4n) is 2.04. The molecule has 0 aliphatic heterocycles. The van der Waals surface area contributed by atoms with Crippen LogP contribution >= 0.6 is 0 Å². The molecule has 1 amide bonds. The van der Waals surface area contributed by atoms with Gasteiger partial charge in [-0.3, -0.25) is 9.59 Å². The lowest BCUT2D eigenvalue weighted by Crippen LogP contribution is -2.28. The molecule has 1 aromatic carbocycles. The van der Waals surface area contributed by atoms with Crippen LogP contribution in [0.1, 0.15) is 5.56 Å². The quantitative estimate of drug-likeness (QED) is 0.914. The van der Waals surface area contributed by atoms with Gasteiger partial charge < -0.3 is 19.4 Å². The minimum atomic E-state index is -0.320. The van der Waals surface area contributed by atoms with Gasteiger partial charge in [0.15, 0.2) is 0 Å². The normalized spacial score (nSPS) is 10.1. The average molecular weight is 302 g/mol. The fraction of sp³-hybridized carbons (Fsp3) is 0.250. The minimum absolute atomic E-state index is 0.0686. The van der Waals surface area contributed by atoms with Crippen molar-refractivity contribution in [3.63, 3.8) is 0 Å². The van der Waals surface area contributed by atoms with Crippen molar-refractivity contribution in [2.75, 3.05) is 19.5 Å². The van der Waals surface area contributed by atoms with E-state index in [2.05, 4.69) is 5.32 Å². The zero-order valence-corrected chi connectivity index (χ0v) is 12.8. The number of ether oxygens (including phenoxy) is 2. The van der Waals surface area contributed by atoms with E-state index < -0.39 is 0 Å². The third-order valence-electron chi connectivity index (χ3n) is 3.21. The summed E-state index contributed by atoms with van der Waals surface area (Å²) < 4.78 is 11.7. The largest absolute Gasteiger partial charge is 0.497 e. The Kier molecular flexibility index (Phi) is 4.83. The predicted molar refractivity (Wildman–Crippen MR) is 83.6 cm³/mol. The summed E-state index contributed by atoms with van der Waals surface area (Å²) in [6.07, 6.45) is 1.58. The van der Waals surface area contributed by atoms with Gasteiger partial charge in [0.25, 0.3) is 5.56 Å². The third-order valence-corrected chi connectivity index (χ3v) is 3.21. The Balaban J connectivity index is 2.18. The Morgan fingerprint density at radius 3 is 2.68 bits per heavy atom. The van der Waals surface area contributed by atoms with Crippen LogP contribution < -0.4 is 20.3 Å². The number of carbonyl (C=O) groups excluding carboxylic acids is 1. The molecule has 0 unspecified atom stereocenters. The van der Waals surface area contributed by atoms with Crippen molar-refractivity contribution in [2.24, 2.45) is 0 Å². The molecule has 0 saturated heterocycles. The highest BCUT2D eigenvalue weighted by atomic mass is 16.5. The van der Waals surface area contributed by atoms with Crippen LogP contribution in [-0.2, 0) is 11.3 Å². The maximum Gasteiger partial charge on any atom is 0.253 e. The smallest absolute Gasteiger partial charge is 0.253 e. The predicted octanol–water partition coefficient (Wildman–Crippen LogP) is 1.81. The number of hydrogen-bond acceptors (Lipinski definition) is 4. The Labute approximate surface area is 128 Å². The number of pyridine rings is 1. The third kappa shape index (κ3) is 3.46. The summed E-state index contributed by atoms with van der Waals surface area (Å²) in [6.45, 7) is 1.64. The van der Waals surface area contributed by atoms with Crippen LogP contribution in [0.2, 0.25) is 0 Å². The lowest BCUT2D eigenvalue weighted by Gasteiger charge is -2.12. The van der Waals surface area contributed by atoms with Gasteiger partial charge in [-0.2, -0.15) is 0 Å². The number of hydrogen-bond donors (Lipinski definition) is 1. The van der Waals surface area contributed by atoms with E-state index in [1.807, 2.05) is 0 Å². The van der Waals surface area contributed by atoms with Crippen molar-refractivity contribution in [1.29, 1.82) is 0 Å². The van der Waals surface area contributed by atoms with Gasteiger partial charge in [0.1, 0.15) is 18.0 Å². The first-order valence-electron chi connectivity index (χ1n) is 6.73. The number of anilines is 1. The molecule has 0 aliphatic carbocycles. The number of carbonyl (C=O) groups is 1. The number of aromatic nitrogens is 1. The minimum Gasteiger partial charge on any atom is -0.497 e. The topological polar surface area (TPSA) is 69.6 Å². The van der Waals surface area contributed by atoms with Crippen LogP contribution in [0.3, 0.4) is 0 Å². The van der Waals surface area contributed by atoms with E-state index in [0.717, 1.165) is 0 Å². The second kappa shape index (κ2) is 6.80. The molecule has 2 rings (SSSR count). The van der Waals surface area contributed by atoms with Crippen molar-refractivity contribution < 1.29 is 14.3 Å². The van der Waals surface area contributed by atoms with Crippen LogP contribution in [0.5, 0.6) is 11.5 Å². The van der Waals surface area contributed by atoms with E-state index >= 15 is 0 Å². The van der Waals surface area contributed by atoms with Crippen molar-refractivity contribution in [3.05, 3.63) is 52.4 Å². The van der Waals surface area contributed by atoms with Crippen LogP contribution in [-0.4, -0.2) is 24.7 Å². The fourth-order valence-corrected chi connectivity index (χ4v) is 2.04. The van der Waals surface area contributed by atoms with Gasteiger partial charge >= 0.3 is 0 Å². The van der Waals surface area contributed by atoms with E-state index in [0.29, 0.717) is 22.7 Å². The molecule has 0 bridgehead atoms. The van der Waals surface area contributed by atoms with Crippen molar-refractivity contribution in [1.82, 2.24) is 4.57 Å². The Morgan fingerprint density at radius 2 is 2.00 bits per heavy atom. The molecule has 1 N–H and O–H groups in total. The standard InChI is InChI=1S/C16H18N2O4/c1-11-5-4-8-18(16(11)20)10-15(19)17-13-9-12(21-2)6-7-14(13)22-3/h4-9H,10H2,1-3H3,(H,17,19). The average Bonchev–Trinajstić information content (AvgIpc) is 2.51. The molecule has 0 spiro atoms. The SMILES string of the molecule is COc1ccc(OC)c(NC(=O)Cn2cccc(C)c2=O)c1. The summed E-state index contributed by atoms with van der Waals surface area (Å²) in [7, 11) is 3.06. The molecule has 116 valence electrons. The highest BCUT2D eigenvalue weighted by molar-refractivity contribution is 5.92. The van der Waals surface area contributed by atoms with Crippen LogP contribution in [0.15, 0.2) is 41.3 Å².